The molecule has 0 unspecified atom stereocenters. The Labute approximate surface area is 112 Å². The molecule has 0 saturated heterocycles. The molecule has 18 heavy (non-hydrogen) atoms. The maximum atomic E-state index is 9.72. The summed E-state index contributed by atoms with van der Waals surface area (Å²) in [5.74, 6) is 5.17. The van der Waals surface area contributed by atoms with Gasteiger partial charge in [-0.15, -0.1) is 0 Å². The highest BCUT2D eigenvalue weighted by molar-refractivity contribution is 5.72. The molecular weight excluding hydrogens is 228 g/mol. The number of aldehydes is 1. The molecule has 0 spiro atoms. The van der Waals surface area contributed by atoms with Crippen molar-refractivity contribution in [1.82, 2.24) is 0 Å². The fraction of sp³-hybridized carbons (Fsp3) is 0.800. The topological polar surface area (TPSA) is 35.5 Å². The molecule has 0 aliphatic carbocycles. The number of rotatable bonds is 8. The first-order valence-electron chi connectivity index (χ1n) is 6.88. The van der Waals surface area contributed by atoms with Crippen LogP contribution in [0.25, 0.3) is 0 Å². The van der Waals surface area contributed by atoms with Crippen molar-refractivity contribution in [2.45, 2.75) is 66.1 Å². The van der Waals surface area contributed by atoms with Crippen molar-refractivity contribution in [2.24, 2.45) is 0 Å². The Bertz CT molecular complexity index is 210. The van der Waals surface area contributed by atoms with Gasteiger partial charge in [0.05, 0.1) is 0 Å². The van der Waals surface area contributed by atoms with Crippen LogP contribution in [-0.4, -0.2) is 25.8 Å². The van der Waals surface area contributed by atoms with E-state index in [9.17, 15) is 4.79 Å². The summed E-state index contributed by atoms with van der Waals surface area (Å²) >= 11 is 0. The number of hydrogen-bond acceptors (Lipinski definition) is 3. The van der Waals surface area contributed by atoms with Gasteiger partial charge in [-0.25, -0.2) is 0 Å². The summed E-state index contributed by atoms with van der Waals surface area (Å²) in [5.41, 5.74) is 0. The lowest BCUT2D eigenvalue weighted by Crippen LogP contribution is -2.11. The predicted molar refractivity (Wildman–Crippen MR) is 75.3 cm³/mol. The van der Waals surface area contributed by atoms with E-state index in [4.69, 9.17) is 9.47 Å². The quantitative estimate of drug-likeness (QED) is 0.288. The van der Waals surface area contributed by atoms with Gasteiger partial charge < -0.3 is 9.47 Å². The van der Waals surface area contributed by atoms with Crippen LogP contribution in [0.5, 0.6) is 0 Å². The van der Waals surface area contributed by atoms with E-state index < -0.39 is 0 Å². The smallest absolute Gasteiger partial charge is 0.192 e. The van der Waals surface area contributed by atoms with Gasteiger partial charge in [-0.05, 0) is 33.1 Å². The van der Waals surface area contributed by atoms with Crippen LogP contribution >= 0.6 is 0 Å². The van der Waals surface area contributed by atoms with Gasteiger partial charge in [0.1, 0.15) is 0 Å². The van der Waals surface area contributed by atoms with Gasteiger partial charge in [0.2, 0.25) is 0 Å². The fourth-order valence-corrected chi connectivity index (χ4v) is 1.27. The van der Waals surface area contributed by atoms with E-state index in [-0.39, 0.29) is 6.29 Å². The van der Waals surface area contributed by atoms with Crippen LogP contribution in [0.2, 0.25) is 0 Å². The molecule has 0 aromatic rings. The first kappa shape index (κ1) is 19.5. The van der Waals surface area contributed by atoms with Crippen LogP contribution in [-0.2, 0) is 14.3 Å². The van der Waals surface area contributed by atoms with Crippen LogP contribution in [0, 0.1) is 11.8 Å². The number of ether oxygens (including phenoxy) is 2. The lowest BCUT2D eigenvalue weighted by Gasteiger charge is -2.09. The monoisotopic (exact) mass is 256 g/mol. The Balaban J connectivity index is 0. The standard InChI is InChI=1S/C9H14O.C6H14O2/c1-2-3-4-5-6-7-8-9-10;1-4-7-6(3)8-5-2/h9H,2-6H2,1H3;6H,4-5H2,1-3H3. The minimum Gasteiger partial charge on any atom is -0.353 e. The van der Waals surface area contributed by atoms with Gasteiger partial charge in [-0.2, -0.15) is 0 Å². The number of hydrogen-bond donors (Lipinski definition) is 0. The van der Waals surface area contributed by atoms with Crippen molar-refractivity contribution in [1.29, 1.82) is 0 Å². The Morgan fingerprint density at radius 1 is 1.06 bits per heavy atom. The Hall–Kier alpha value is -0.850. The predicted octanol–water partition coefficient (Wildman–Crippen LogP) is 3.56. The zero-order valence-corrected chi connectivity index (χ0v) is 12.3. The molecule has 0 aliphatic rings. The van der Waals surface area contributed by atoms with Crippen molar-refractivity contribution in [3.05, 3.63) is 0 Å². The summed E-state index contributed by atoms with van der Waals surface area (Å²) in [4.78, 5) is 9.72. The van der Waals surface area contributed by atoms with Crippen molar-refractivity contribution < 1.29 is 14.3 Å². The van der Waals surface area contributed by atoms with E-state index in [2.05, 4.69) is 18.8 Å². The molecule has 3 nitrogen and oxygen atoms in total. The van der Waals surface area contributed by atoms with Crippen molar-refractivity contribution in [2.75, 3.05) is 13.2 Å². The molecular formula is C15H28O3. The van der Waals surface area contributed by atoms with Crippen molar-refractivity contribution >= 4 is 6.29 Å². The molecule has 0 amide bonds. The lowest BCUT2D eigenvalue weighted by molar-refractivity contribution is -0.123. The third-order valence-corrected chi connectivity index (χ3v) is 2.12. The summed E-state index contributed by atoms with van der Waals surface area (Å²) in [5, 5.41) is 0. The Morgan fingerprint density at radius 2 is 1.67 bits per heavy atom. The summed E-state index contributed by atoms with van der Waals surface area (Å²) in [7, 11) is 0. The van der Waals surface area contributed by atoms with E-state index in [0.717, 1.165) is 26.1 Å². The first-order valence-corrected chi connectivity index (χ1v) is 6.88. The number of carbonyl (C=O) groups excluding carboxylic acids is 1. The van der Waals surface area contributed by atoms with Crippen LogP contribution in [0.3, 0.4) is 0 Å². The number of unbranched alkanes of at least 4 members (excludes halogenated alkanes) is 4. The lowest BCUT2D eigenvalue weighted by atomic mass is 10.2. The Kier molecular flexibility index (Phi) is 20.0. The zero-order chi connectivity index (χ0) is 14.1. The minimum atomic E-state index is -0.0370. The molecule has 0 aromatic carbocycles. The zero-order valence-electron chi connectivity index (χ0n) is 12.3. The molecule has 0 bridgehead atoms. The molecule has 0 radical (unpaired) electrons. The molecule has 0 rings (SSSR count). The van der Waals surface area contributed by atoms with Crippen molar-refractivity contribution in [3.8, 4) is 11.8 Å². The summed E-state index contributed by atoms with van der Waals surface area (Å²) in [6.45, 7) is 9.43. The molecule has 0 aromatic heterocycles. The third-order valence-electron chi connectivity index (χ3n) is 2.12. The van der Waals surface area contributed by atoms with Gasteiger partial charge >= 0.3 is 0 Å². The molecule has 0 fully saturated rings. The molecule has 0 N–H and O–H groups in total. The van der Waals surface area contributed by atoms with Crippen LogP contribution < -0.4 is 0 Å². The second-order valence-electron chi connectivity index (χ2n) is 3.73. The highest BCUT2D eigenvalue weighted by Gasteiger charge is 1.94. The van der Waals surface area contributed by atoms with E-state index in [1.165, 1.54) is 19.3 Å². The summed E-state index contributed by atoms with van der Waals surface area (Å²) in [6.07, 6.45) is 6.39. The average molecular weight is 256 g/mol. The molecule has 106 valence electrons. The van der Waals surface area contributed by atoms with Crippen LogP contribution in [0.15, 0.2) is 0 Å². The number of carbonyl (C=O) groups is 1. The molecule has 0 heterocycles. The highest BCUT2D eigenvalue weighted by atomic mass is 16.7. The fourth-order valence-electron chi connectivity index (χ4n) is 1.27. The van der Waals surface area contributed by atoms with E-state index >= 15 is 0 Å². The molecule has 0 atom stereocenters. The van der Waals surface area contributed by atoms with E-state index in [1.807, 2.05) is 20.8 Å². The van der Waals surface area contributed by atoms with E-state index in [0.29, 0.717) is 6.29 Å². The molecule has 0 saturated carbocycles. The summed E-state index contributed by atoms with van der Waals surface area (Å²) in [6, 6.07) is 0. The largest absolute Gasteiger partial charge is 0.353 e. The summed E-state index contributed by atoms with van der Waals surface area (Å²) < 4.78 is 10.1. The van der Waals surface area contributed by atoms with Gasteiger partial charge in [0, 0.05) is 19.6 Å². The van der Waals surface area contributed by atoms with Gasteiger partial charge in [0.25, 0.3) is 0 Å². The first-order chi connectivity index (χ1) is 8.72. The minimum absolute atomic E-state index is 0.0370. The van der Waals surface area contributed by atoms with Gasteiger partial charge in [0.15, 0.2) is 12.6 Å². The SMILES string of the molecule is CCCCCCC#CC=O.CCOC(C)OCC. The average Bonchev–Trinajstić information content (AvgIpc) is 2.35. The maximum absolute atomic E-state index is 9.72. The third kappa shape index (κ3) is 20.5. The van der Waals surface area contributed by atoms with Crippen molar-refractivity contribution in [3.63, 3.8) is 0 Å². The normalized spacial score (nSPS) is 9.17. The second-order valence-corrected chi connectivity index (χ2v) is 3.73. The Morgan fingerprint density at radius 3 is 2.11 bits per heavy atom. The molecule has 3 heteroatoms. The maximum Gasteiger partial charge on any atom is 0.192 e. The van der Waals surface area contributed by atoms with Crippen LogP contribution in [0.4, 0.5) is 0 Å². The second kappa shape index (κ2) is 18.5. The van der Waals surface area contributed by atoms with Gasteiger partial charge in [-0.1, -0.05) is 32.1 Å². The molecule has 0 aliphatic heterocycles. The van der Waals surface area contributed by atoms with Crippen LogP contribution in [0.1, 0.15) is 59.8 Å². The van der Waals surface area contributed by atoms with Gasteiger partial charge in [-0.3, -0.25) is 4.79 Å². The van der Waals surface area contributed by atoms with E-state index in [1.54, 1.807) is 0 Å². The highest BCUT2D eigenvalue weighted by Crippen LogP contribution is 2.00.